The molecule has 14 heavy (non-hydrogen) atoms. The molecule has 0 aliphatic heterocycles. The molecule has 1 N–H and O–H groups in total. The first-order chi connectivity index (χ1) is 6.74. The normalized spacial score (nSPS) is 20.7. The number of nitrogens with one attached hydrogen (secondary N) is 1. The first kappa shape index (κ1) is 12.3. The number of hydrogen-bond acceptors (Lipinski definition) is 1. The fourth-order valence-electron chi connectivity index (χ4n) is 2.42. The number of hydrogen-bond donors (Lipinski definition) is 1. The quantitative estimate of drug-likeness (QED) is 0.791. The average molecular weight is 260 g/mol. The summed E-state index contributed by atoms with van der Waals surface area (Å²) in [4.78, 5) is 0. The lowest BCUT2D eigenvalue weighted by Crippen LogP contribution is -2.37. The lowest BCUT2D eigenvalue weighted by molar-refractivity contribution is 0.268. The zero-order valence-electron chi connectivity index (χ0n) is 9.19. The van der Waals surface area contributed by atoms with Crippen LogP contribution in [0.3, 0.4) is 0 Å². The molecule has 1 saturated carbocycles. The predicted octanol–water partition coefficient (Wildman–Crippen LogP) is 3.84. The summed E-state index contributed by atoms with van der Waals surface area (Å²) in [7, 11) is 0. The number of rotatable bonds is 5. The van der Waals surface area contributed by atoms with Crippen molar-refractivity contribution >= 4 is 15.9 Å². The monoisotopic (exact) mass is 259 g/mol. The molecule has 0 spiro atoms. The van der Waals surface area contributed by atoms with Crippen LogP contribution in [0.15, 0.2) is 11.1 Å². The lowest BCUT2D eigenvalue weighted by atomic mass is 9.83. The molecule has 82 valence electrons. The van der Waals surface area contributed by atoms with Crippen LogP contribution in [0.4, 0.5) is 0 Å². The van der Waals surface area contributed by atoms with Crippen molar-refractivity contribution in [2.24, 2.45) is 5.92 Å². The van der Waals surface area contributed by atoms with Crippen molar-refractivity contribution in [2.75, 3.05) is 6.54 Å². The minimum Gasteiger partial charge on any atom is -0.309 e. The molecule has 0 aromatic heterocycles. The summed E-state index contributed by atoms with van der Waals surface area (Å²) in [6, 6.07) is 0.699. The van der Waals surface area contributed by atoms with Crippen LogP contribution in [0.2, 0.25) is 0 Å². The Labute approximate surface area is 96.5 Å². The van der Waals surface area contributed by atoms with Gasteiger partial charge in [-0.3, -0.25) is 0 Å². The second-order valence-electron chi connectivity index (χ2n) is 4.31. The molecular formula is C12H22BrN. The van der Waals surface area contributed by atoms with E-state index in [1.807, 2.05) is 0 Å². The van der Waals surface area contributed by atoms with Crippen LogP contribution in [-0.4, -0.2) is 12.6 Å². The van der Waals surface area contributed by atoms with E-state index in [0.717, 1.165) is 16.9 Å². The molecule has 1 nitrogen and oxygen atoms in total. The molecule has 0 aromatic carbocycles. The minimum absolute atomic E-state index is 0.699. The Hall–Kier alpha value is 0.180. The van der Waals surface area contributed by atoms with Crippen LogP contribution >= 0.6 is 15.9 Å². The molecule has 1 rings (SSSR count). The number of halogens is 1. The second-order valence-corrected chi connectivity index (χ2v) is 5.43. The van der Waals surface area contributed by atoms with Gasteiger partial charge in [-0.15, -0.1) is 0 Å². The van der Waals surface area contributed by atoms with Crippen molar-refractivity contribution in [3.8, 4) is 0 Å². The molecule has 0 aromatic rings. The van der Waals surface area contributed by atoms with Gasteiger partial charge >= 0.3 is 0 Å². The van der Waals surface area contributed by atoms with Crippen molar-refractivity contribution in [2.45, 2.75) is 51.5 Å². The van der Waals surface area contributed by atoms with Gasteiger partial charge in [-0.05, 0) is 25.2 Å². The highest BCUT2D eigenvalue weighted by Gasteiger charge is 2.21. The zero-order chi connectivity index (χ0) is 10.4. The molecule has 1 aliphatic rings. The maximum Gasteiger partial charge on any atom is 0.0268 e. The van der Waals surface area contributed by atoms with Gasteiger partial charge in [0.2, 0.25) is 0 Å². The van der Waals surface area contributed by atoms with Crippen LogP contribution in [0.5, 0.6) is 0 Å². The lowest BCUT2D eigenvalue weighted by Gasteiger charge is -2.30. The molecule has 0 amide bonds. The largest absolute Gasteiger partial charge is 0.309 e. The highest BCUT2D eigenvalue weighted by Crippen LogP contribution is 2.27. The highest BCUT2D eigenvalue weighted by atomic mass is 79.9. The smallest absolute Gasteiger partial charge is 0.0268 e. The van der Waals surface area contributed by atoms with Crippen LogP contribution < -0.4 is 5.32 Å². The maximum absolute atomic E-state index is 3.86. The van der Waals surface area contributed by atoms with Gasteiger partial charge in [-0.25, -0.2) is 0 Å². The van der Waals surface area contributed by atoms with Gasteiger partial charge in [-0.1, -0.05) is 48.7 Å². The molecule has 0 heterocycles. The van der Waals surface area contributed by atoms with Crippen molar-refractivity contribution in [1.29, 1.82) is 0 Å². The van der Waals surface area contributed by atoms with E-state index in [1.165, 1.54) is 38.5 Å². The molecule has 1 fully saturated rings. The first-order valence-corrected chi connectivity index (χ1v) is 6.60. The Bertz CT molecular complexity index is 173. The molecule has 0 bridgehead atoms. The van der Waals surface area contributed by atoms with E-state index in [0.29, 0.717) is 6.04 Å². The summed E-state index contributed by atoms with van der Waals surface area (Å²) < 4.78 is 1.06. The van der Waals surface area contributed by atoms with E-state index in [-0.39, 0.29) is 0 Å². The van der Waals surface area contributed by atoms with Gasteiger partial charge in [-0.2, -0.15) is 0 Å². The third-order valence-corrected chi connectivity index (χ3v) is 3.50. The third kappa shape index (κ3) is 4.14. The standard InChI is InChI=1S/C12H22BrN/c1-3-12(14-9-10(2)13)11-7-5-4-6-8-11/h11-12,14H,2-9H2,1H3. The Balaban J connectivity index is 2.31. The van der Waals surface area contributed by atoms with Gasteiger partial charge in [0, 0.05) is 17.1 Å². The van der Waals surface area contributed by atoms with E-state index < -0.39 is 0 Å². The second kappa shape index (κ2) is 6.62. The molecule has 1 aliphatic carbocycles. The van der Waals surface area contributed by atoms with E-state index in [1.54, 1.807) is 0 Å². The molecule has 2 heteroatoms. The molecule has 1 unspecified atom stereocenters. The zero-order valence-corrected chi connectivity index (χ0v) is 10.8. The van der Waals surface area contributed by atoms with Gasteiger partial charge in [0.25, 0.3) is 0 Å². The van der Waals surface area contributed by atoms with E-state index in [4.69, 9.17) is 0 Å². The van der Waals surface area contributed by atoms with Gasteiger partial charge in [0.05, 0.1) is 0 Å². The molecule has 1 atom stereocenters. The van der Waals surface area contributed by atoms with Crippen LogP contribution in [0.25, 0.3) is 0 Å². The van der Waals surface area contributed by atoms with Crippen molar-refractivity contribution < 1.29 is 0 Å². The van der Waals surface area contributed by atoms with E-state index in [2.05, 4.69) is 34.7 Å². The first-order valence-electron chi connectivity index (χ1n) is 5.80. The minimum atomic E-state index is 0.699. The van der Waals surface area contributed by atoms with Crippen molar-refractivity contribution in [1.82, 2.24) is 5.32 Å². The van der Waals surface area contributed by atoms with Crippen molar-refractivity contribution in [3.63, 3.8) is 0 Å². The maximum atomic E-state index is 3.86. The summed E-state index contributed by atoms with van der Waals surface area (Å²) in [5.41, 5.74) is 0. The molecule has 0 radical (unpaired) electrons. The van der Waals surface area contributed by atoms with Crippen molar-refractivity contribution in [3.05, 3.63) is 11.1 Å². The Morgan fingerprint density at radius 3 is 2.57 bits per heavy atom. The SMILES string of the molecule is C=C(Br)CNC(CC)C1CCCCC1. The molecular weight excluding hydrogens is 238 g/mol. The van der Waals surface area contributed by atoms with Gasteiger partial charge in [0.1, 0.15) is 0 Å². The topological polar surface area (TPSA) is 12.0 Å². The summed E-state index contributed by atoms with van der Waals surface area (Å²) in [5, 5.41) is 3.59. The summed E-state index contributed by atoms with van der Waals surface area (Å²) >= 11 is 3.40. The Kier molecular flexibility index (Phi) is 5.80. The summed E-state index contributed by atoms with van der Waals surface area (Å²) in [6.07, 6.45) is 8.37. The average Bonchev–Trinajstić information content (AvgIpc) is 2.20. The molecule has 0 saturated heterocycles. The van der Waals surface area contributed by atoms with Crippen LogP contribution in [0, 0.1) is 5.92 Å². The summed E-state index contributed by atoms with van der Waals surface area (Å²) in [5.74, 6) is 0.903. The Morgan fingerprint density at radius 1 is 1.43 bits per heavy atom. The van der Waals surface area contributed by atoms with Gasteiger partial charge in [0.15, 0.2) is 0 Å². The predicted molar refractivity (Wildman–Crippen MR) is 66.7 cm³/mol. The third-order valence-electron chi connectivity index (χ3n) is 3.21. The van der Waals surface area contributed by atoms with Gasteiger partial charge < -0.3 is 5.32 Å². The highest BCUT2D eigenvalue weighted by molar-refractivity contribution is 9.11. The van der Waals surface area contributed by atoms with Crippen LogP contribution in [0.1, 0.15) is 45.4 Å². The van der Waals surface area contributed by atoms with E-state index >= 15 is 0 Å². The fourth-order valence-corrected chi connectivity index (χ4v) is 2.58. The van der Waals surface area contributed by atoms with Crippen LogP contribution in [-0.2, 0) is 0 Å². The Morgan fingerprint density at radius 2 is 2.07 bits per heavy atom. The fraction of sp³-hybridized carbons (Fsp3) is 0.833. The van der Waals surface area contributed by atoms with E-state index in [9.17, 15) is 0 Å². The summed E-state index contributed by atoms with van der Waals surface area (Å²) in [6.45, 7) is 7.05.